The van der Waals surface area contributed by atoms with Crippen LogP contribution in [-0.4, -0.2) is 10.9 Å². The molecule has 4 nitrogen and oxygen atoms in total. The lowest BCUT2D eigenvalue weighted by atomic mass is 10.2. The van der Waals surface area contributed by atoms with Crippen molar-refractivity contribution in [1.29, 1.82) is 0 Å². The van der Waals surface area contributed by atoms with Gasteiger partial charge in [-0.15, -0.1) is 11.3 Å². The maximum absolute atomic E-state index is 11.0. The Labute approximate surface area is 143 Å². The van der Waals surface area contributed by atoms with Crippen molar-refractivity contribution in [1.82, 2.24) is 4.98 Å². The molecule has 0 atom stereocenters. The molecule has 0 aliphatic rings. The normalized spacial score (nSPS) is 10.3. The van der Waals surface area contributed by atoms with Crippen LogP contribution in [0.3, 0.4) is 0 Å². The van der Waals surface area contributed by atoms with E-state index in [1.807, 2.05) is 53.9 Å². The highest BCUT2D eigenvalue weighted by molar-refractivity contribution is 7.14. The van der Waals surface area contributed by atoms with Gasteiger partial charge in [-0.25, -0.2) is 4.98 Å². The van der Waals surface area contributed by atoms with Gasteiger partial charge < -0.3 is 10.6 Å². The van der Waals surface area contributed by atoms with E-state index in [2.05, 4.69) is 15.6 Å². The number of aromatic nitrogens is 1. The van der Waals surface area contributed by atoms with Gasteiger partial charge in [0.1, 0.15) is 0 Å². The number of nitrogens with zero attached hydrogens (tertiary/aromatic N) is 1. The third-order valence-corrected chi connectivity index (χ3v) is 4.11. The number of thiazole rings is 1. The summed E-state index contributed by atoms with van der Waals surface area (Å²) < 4.78 is 0. The Morgan fingerprint density at radius 3 is 2.35 bits per heavy atom. The second-order valence-electron chi connectivity index (χ2n) is 4.93. The van der Waals surface area contributed by atoms with Crippen LogP contribution < -0.4 is 10.6 Å². The summed E-state index contributed by atoms with van der Waals surface area (Å²) in [6.45, 7) is 1.49. The van der Waals surface area contributed by atoms with Crippen LogP contribution in [-0.2, 0) is 4.79 Å². The van der Waals surface area contributed by atoms with E-state index in [-0.39, 0.29) is 5.91 Å². The Bertz CT molecular complexity index is 813. The summed E-state index contributed by atoms with van der Waals surface area (Å²) in [5.41, 5.74) is 3.61. The minimum absolute atomic E-state index is 0.0850. The molecule has 0 saturated carbocycles. The van der Waals surface area contributed by atoms with Crippen LogP contribution in [0.2, 0.25) is 5.02 Å². The second kappa shape index (κ2) is 6.81. The van der Waals surface area contributed by atoms with Crippen LogP contribution in [0.4, 0.5) is 16.5 Å². The number of carbonyl (C=O) groups is 1. The molecule has 0 unspecified atom stereocenters. The molecule has 3 aromatic rings. The number of hydrogen-bond donors (Lipinski definition) is 2. The fourth-order valence-corrected chi connectivity index (χ4v) is 2.91. The quantitative estimate of drug-likeness (QED) is 0.687. The van der Waals surface area contributed by atoms with E-state index >= 15 is 0 Å². The van der Waals surface area contributed by atoms with Crippen LogP contribution in [0, 0.1) is 0 Å². The van der Waals surface area contributed by atoms with Crippen molar-refractivity contribution in [3.05, 3.63) is 58.9 Å². The van der Waals surface area contributed by atoms with E-state index in [0.717, 1.165) is 27.8 Å². The minimum Gasteiger partial charge on any atom is -0.332 e. The molecule has 0 aliphatic carbocycles. The summed E-state index contributed by atoms with van der Waals surface area (Å²) in [4.78, 5) is 15.6. The zero-order valence-electron chi connectivity index (χ0n) is 12.3. The van der Waals surface area contributed by atoms with Gasteiger partial charge in [-0.1, -0.05) is 23.7 Å². The average Bonchev–Trinajstić information content (AvgIpc) is 2.98. The maximum atomic E-state index is 11.0. The summed E-state index contributed by atoms with van der Waals surface area (Å²) in [6.07, 6.45) is 0. The van der Waals surface area contributed by atoms with Crippen molar-refractivity contribution in [3.63, 3.8) is 0 Å². The lowest BCUT2D eigenvalue weighted by Gasteiger charge is -2.05. The molecule has 2 aromatic carbocycles. The Morgan fingerprint density at radius 1 is 1.04 bits per heavy atom. The van der Waals surface area contributed by atoms with Crippen LogP contribution >= 0.6 is 22.9 Å². The predicted octanol–water partition coefficient (Wildman–Crippen LogP) is 5.17. The highest BCUT2D eigenvalue weighted by atomic mass is 35.5. The second-order valence-corrected chi connectivity index (χ2v) is 6.22. The molecule has 0 aliphatic heterocycles. The first-order valence-corrected chi connectivity index (χ1v) is 8.22. The summed E-state index contributed by atoms with van der Waals surface area (Å²) in [5, 5.41) is 9.50. The highest BCUT2D eigenvalue weighted by Gasteiger charge is 2.05. The van der Waals surface area contributed by atoms with Crippen LogP contribution in [0.25, 0.3) is 11.3 Å². The Balaban J connectivity index is 1.71. The highest BCUT2D eigenvalue weighted by Crippen LogP contribution is 2.28. The fraction of sp³-hybridized carbons (Fsp3) is 0.0588. The van der Waals surface area contributed by atoms with Crippen molar-refractivity contribution >= 4 is 45.4 Å². The van der Waals surface area contributed by atoms with E-state index in [0.29, 0.717) is 5.02 Å². The van der Waals surface area contributed by atoms with Gasteiger partial charge in [-0.05, 0) is 36.4 Å². The van der Waals surface area contributed by atoms with Crippen molar-refractivity contribution in [2.45, 2.75) is 6.92 Å². The third-order valence-electron chi connectivity index (χ3n) is 3.10. The van der Waals surface area contributed by atoms with Gasteiger partial charge in [0.05, 0.1) is 5.69 Å². The van der Waals surface area contributed by atoms with Crippen molar-refractivity contribution < 1.29 is 4.79 Å². The number of rotatable bonds is 4. The largest absolute Gasteiger partial charge is 0.332 e. The molecule has 1 amide bonds. The Hall–Kier alpha value is -2.37. The molecule has 0 bridgehead atoms. The molecule has 1 aromatic heterocycles. The summed E-state index contributed by atoms with van der Waals surface area (Å²) in [7, 11) is 0. The third kappa shape index (κ3) is 4.09. The molecule has 0 spiro atoms. The van der Waals surface area contributed by atoms with Gasteiger partial charge in [0.2, 0.25) is 5.91 Å². The molecule has 2 N–H and O–H groups in total. The van der Waals surface area contributed by atoms with Crippen molar-refractivity contribution in [3.8, 4) is 11.3 Å². The molecule has 6 heteroatoms. The van der Waals surface area contributed by atoms with Crippen LogP contribution in [0.1, 0.15) is 6.92 Å². The number of carbonyl (C=O) groups excluding carboxylic acids is 1. The molecule has 1 heterocycles. The number of benzene rings is 2. The van der Waals surface area contributed by atoms with Gasteiger partial charge in [0.25, 0.3) is 0 Å². The molecule has 0 fully saturated rings. The van der Waals surface area contributed by atoms with E-state index in [1.54, 1.807) is 0 Å². The first-order valence-electron chi connectivity index (χ1n) is 6.96. The van der Waals surface area contributed by atoms with Crippen molar-refractivity contribution in [2.24, 2.45) is 0 Å². The number of anilines is 3. The lowest BCUT2D eigenvalue weighted by molar-refractivity contribution is -0.114. The average molecular weight is 344 g/mol. The summed E-state index contributed by atoms with van der Waals surface area (Å²) in [6, 6.07) is 15.1. The summed E-state index contributed by atoms with van der Waals surface area (Å²) in [5.74, 6) is -0.0850. The van der Waals surface area contributed by atoms with E-state index < -0.39 is 0 Å². The minimum atomic E-state index is -0.0850. The van der Waals surface area contributed by atoms with Gasteiger partial charge >= 0.3 is 0 Å². The molecule has 0 saturated heterocycles. The number of halogens is 1. The van der Waals surface area contributed by atoms with E-state index in [4.69, 9.17) is 11.6 Å². The van der Waals surface area contributed by atoms with Gasteiger partial charge in [-0.2, -0.15) is 0 Å². The van der Waals surface area contributed by atoms with E-state index in [9.17, 15) is 4.79 Å². The lowest BCUT2D eigenvalue weighted by Crippen LogP contribution is -2.05. The smallest absolute Gasteiger partial charge is 0.221 e. The molecular weight excluding hydrogens is 330 g/mol. The van der Waals surface area contributed by atoms with Gasteiger partial charge in [0.15, 0.2) is 5.13 Å². The van der Waals surface area contributed by atoms with Gasteiger partial charge in [0, 0.05) is 34.3 Å². The monoisotopic (exact) mass is 343 g/mol. The number of nitrogens with one attached hydrogen (secondary N) is 2. The zero-order valence-corrected chi connectivity index (χ0v) is 13.9. The topological polar surface area (TPSA) is 54.0 Å². The zero-order chi connectivity index (χ0) is 16.2. The maximum Gasteiger partial charge on any atom is 0.221 e. The van der Waals surface area contributed by atoms with Crippen molar-refractivity contribution in [2.75, 3.05) is 10.6 Å². The van der Waals surface area contributed by atoms with E-state index in [1.165, 1.54) is 18.3 Å². The Kier molecular flexibility index (Phi) is 4.60. The van der Waals surface area contributed by atoms with Crippen LogP contribution in [0.5, 0.6) is 0 Å². The standard InChI is InChI=1S/C17H14ClN3OS/c1-11(22)19-14-6-8-15(9-7-14)20-17-21-16(10-23-17)12-2-4-13(18)5-3-12/h2-10H,1H3,(H,19,22)(H,20,21). The fourth-order valence-electron chi connectivity index (χ4n) is 2.05. The SMILES string of the molecule is CC(=O)Nc1ccc(Nc2nc(-c3ccc(Cl)cc3)cs2)cc1. The number of amides is 1. The molecule has 3 rings (SSSR count). The Morgan fingerprint density at radius 2 is 1.70 bits per heavy atom. The van der Waals surface area contributed by atoms with Crippen LogP contribution in [0.15, 0.2) is 53.9 Å². The molecular formula is C17H14ClN3OS. The first kappa shape index (κ1) is 15.5. The molecule has 116 valence electrons. The molecule has 0 radical (unpaired) electrons. The number of hydrogen-bond acceptors (Lipinski definition) is 4. The first-order chi connectivity index (χ1) is 11.1. The predicted molar refractivity (Wildman–Crippen MR) is 96.6 cm³/mol. The summed E-state index contributed by atoms with van der Waals surface area (Å²) >= 11 is 7.43. The molecule has 23 heavy (non-hydrogen) atoms. The van der Waals surface area contributed by atoms with Gasteiger partial charge in [-0.3, -0.25) is 4.79 Å².